The van der Waals surface area contributed by atoms with Gasteiger partial charge in [0.15, 0.2) is 0 Å². The Bertz CT molecular complexity index is 1130. The number of aromatic amines is 2. The van der Waals surface area contributed by atoms with Gasteiger partial charge in [0.1, 0.15) is 17.3 Å². The summed E-state index contributed by atoms with van der Waals surface area (Å²) >= 11 is 0. The van der Waals surface area contributed by atoms with E-state index in [0.717, 1.165) is 28.0 Å². The zero-order valence-electron chi connectivity index (χ0n) is 16.6. The largest absolute Gasteiger partial charge is 0.363 e. The summed E-state index contributed by atoms with van der Waals surface area (Å²) in [6.07, 6.45) is 4.14. The average Bonchev–Trinajstić information content (AvgIpc) is 3.37. The van der Waals surface area contributed by atoms with Crippen molar-refractivity contribution < 1.29 is 4.79 Å². The molecule has 0 aliphatic carbocycles. The second-order valence-corrected chi connectivity index (χ2v) is 7.15. The molecule has 0 bridgehead atoms. The number of hydrogen-bond acceptors (Lipinski definition) is 5. The van der Waals surface area contributed by atoms with Gasteiger partial charge in [0.05, 0.1) is 11.7 Å². The number of para-hydroxylation sites is 1. The molecule has 4 aromatic rings. The Morgan fingerprint density at radius 2 is 2.03 bits per heavy atom. The van der Waals surface area contributed by atoms with Gasteiger partial charge in [-0.05, 0) is 24.6 Å². The maximum atomic E-state index is 12.7. The van der Waals surface area contributed by atoms with Crippen LogP contribution in [0.2, 0.25) is 0 Å². The third-order valence-electron chi connectivity index (χ3n) is 4.81. The van der Waals surface area contributed by atoms with Crippen LogP contribution < -0.4 is 10.2 Å². The topological polar surface area (TPSA) is 103 Å². The molecule has 0 saturated heterocycles. The van der Waals surface area contributed by atoms with Crippen molar-refractivity contribution in [1.29, 1.82) is 0 Å². The van der Waals surface area contributed by atoms with E-state index in [2.05, 4.69) is 36.5 Å². The van der Waals surface area contributed by atoms with Crippen LogP contribution in [0.5, 0.6) is 0 Å². The zero-order chi connectivity index (χ0) is 20.4. The first kappa shape index (κ1) is 18.7. The Hall–Kier alpha value is -3.68. The predicted octanol–water partition coefficient (Wildman–Crippen LogP) is 2.77. The zero-order valence-corrected chi connectivity index (χ0v) is 16.6. The lowest BCUT2D eigenvalue weighted by Gasteiger charge is -2.20. The molecule has 1 aromatic carbocycles. The van der Waals surface area contributed by atoms with Crippen LogP contribution in [0.4, 0.5) is 5.82 Å². The number of hydrogen-bond donors (Lipinski definition) is 3. The number of carbonyl (C=O) groups excluding carboxylic acids is 1. The molecule has 1 unspecified atom stereocenters. The number of anilines is 1. The summed E-state index contributed by atoms with van der Waals surface area (Å²) in [5.41, 5.74) is 3.35. The van der Waals surface area contributed by atoms with E-state index in [1.807, 2.05) is 56.4 Å². The minimum absolute atomic E-state index is 0.227. The van der Waals surface area contributed by atoms with E-state index in [-0.39, 0.29) is 11.9 Å². The molecule has 1 amide bonds. The smallest absolute Gasteiger partial charge is 0.269 e. The van der Waals surface area contributed by atoms with Crippen LogP contribution >= 0.6 is 0 Å². The minimum Gasteiger partial charge on any atom is -0.363 e. The van der Waals surface area contributed by atoms with Crippen LogP contribution in [0.1, 0.15) is 33.6 Å². The maximum Gasteiger partial charge on any atom is 0.269 e. The summed E-state index contributed by atoms with van der Waals surface area (Å²) in [5, 5.41) is 10.8. The minimum atomic E-state index is -0.328. The summed E-state index contributed by atoms with van der Waals surface area (Å²) in [7, 11) is 3.87. The van der Waals surface area contributed by atoms with Crippen LogP contribution in [0.25, 0.3) is 10.9 Å². The van der Waals surface area contributed by atoms with E-state index in [1.165, 1.54) is 0 Å². The van der Waals surface area contributed by atoms with Crippen molar-refractivity contribution in [3.8, 4) is 0 Å². The van der Waals surface area contributed by atoms with Crippen LogP contribution in [-0.4, -0.2) is 45.2 Å². The molecule has 0 aliphatic heterocycles. The van der Waals surface area contributed by atoms with Gasteiger partial charge in [0.25, 0.3) is 5.91 Å². The standard InChI is InChI=1S/C21H23N7O/c1-13-24-19(11-20(25-13)28(2)3)18(26-21(29)17-8-9-23-27-17)10-14-12-22-16-7-5-4-6-15(14)16/h4-9,11-12,18,22H,10H2,1-3H3,(H,23,27)(H,26,29). The number of rotatable bonds is 6. The molecule has 0 aliphatic rings. The van der Waals surface area contributed by atoms with E-state index in [1.54, 1.807) is 12.3 Å². The number of amides is 1. The number of carbonyl (C=O) groups is 1. The van der Waals surface area contributed by atoms with Crippen LogP contribution in [-0.2, 0) is 6.42 Å². The Kier molecular flexibility index (Phi) is 4.99. The molecule has 0 spiro atoms. The lowest BCUT2D eigenvalue weighted by molar-refractivity contribution is 0.0930. The molecule has 4 rings (SSSR count). The summed E-state index contributed by atoms with van der Waals surface area (Å²) in [5.74, 6) is 1.23. The van der Waals surface area contributed by atoms with E-state index >= 15 is 0 Å². The van der Waals surface area contributed by atoms with Crippen molar-refractivity contribution in [2.24, 2.45) is 0 Å². The van der Waals surface area contributed by atoms with Crippen molar-refractivity contribution in [1.82, 2.24) is 30.5 Å². The van der Waals surface area contributed by atoms with Gasteiger partial charge in [0, 0.05) is 49.9 Å². The lowest BCUT2D eigenvalue weighted by Crippen LogP contribution is -2.31. The molecule has 3 N–H and O–H groups in total. The summed E-state index contributed by atoms with van der Waals surface area (Å²) in [6.45, 7) is 1.86. The van der Waals surface area contributed by atoms with E-state index in [0.29, 0.717) is 17.9 Å². The van der Waals surface area contributed by atoms with Crippen LogP contribution in [0.3, 0.4) is 0 Å². The number of nitrogens with one attached hydrogen (secondary N) is 3. The molecule has 3 heterocycles. The Balaban J connectivity index is 1.72. The highest BCUT2D eigenvalue weighted by Gasteiger charge is 2.21. The molecule has 8 heteroatoms. The predicted molar refractivity (Wildman–Crippen MR) is 112 cm³/mol. The molecule has 29 heavy (non-hydrogen) atoms. The van der Waals surface area contributed by atoms with E-state index < -0.39 is 0 Å². The van der Waals surface area contributed by atoms with Gasteiger partial charge in [0.2, 0.25) is 0 Å². The molecule has 8 nitrogen and oxygen atoms in total. The first-order valence-electron chi connectivity index (χ1n) is 9.39. The summed E-state index contributed by atoms with van der Waals surface area (Å²) in [6, 6.07) is 11.4. The number of aryl methyl sites for hydroxylation is 1. The number of aromatic nitrogens is 5. The van der Waals surface area contributed by atoms with E-state index in [4.69, 9.17) is 0 Å². The number of fused-ring (bicyclic) bond motifs is 1. The quantitative estimate of drug-likeness (QED) is 0.471. The molecular weight excluding hydrogens is 366 g/mol. The fourth-order valence-electron chi connectivity index (χ4n) is 3.35. The second-order valence-electron chi connectivity index (χ2n) is 7.15. The van der Waals surface area contributed by atoms with Crippen molar-refractivity contribution in [3.05, 3.63) is 71.6 Å². The number of H-pyrrole nitrogens is 2. The molecule has 0 fully saturated rings. The maximum absolute atomic E-state index is 12.7. The Labute approximate surface area is 168 Å². The number of nitrogens with zero attached hydrogens (tertiary/aromatic N) is 4. The fraction of sp³-hybridized carbons (Fsp3) is 0.238. The van der Waals surface area contributed by atoms with Crippen molar-refractivity contribution in [3.63, 3.8) is 0 Å². The Morgan fingerprint density at radius 1 is 1.21 bits per heavy atom. The van der Waals surface area contributed by atoms with Crippen LogP contribution in [0, 0.1) is 6.92 Å². The highest BCUT2D eigenvalue weighted by atomic mass is 16.2. The molecular formula is C21H23N7O. The van der Waals surface area contributed by atoms with Gasteiger partial charge in [-0.2, -0.15) is 5.10 Å². The summed E-state index contributed by atoms with van der Waals surface area (Å²) < 4.78 is 0. The van der Waals surface area contributed by atoms with Gasteiger partial charge in [-0.25, -0.2) is 9.97 Å². The SMILES string of the molecule is Cc1nc(C(Cc2c[nH]c3ccccc23)NC(=O)c2ccn[nH]2)cc(N(C)C)n1. The first-order valence-corrected chi connectivity index (χ1v) is 9.39. The monoisotopic (exact) mass is 389 g/mol. The van der Waals surface area contributed by atoms with Gasteiger partial charge >= 0.3 is 0 Å². The first-order chi connectivity index (χ1) is 14.0. The molecule has 1 atom stereocenters. The Morgan fingerprint density at radius 3 is 2.79 bits per heavy atom. The molecule has 3 aromatic heterocycles. The van der Waals surface area contributed by atoms with Gasteiger partial charge < -0.3 is 15.2 Å². The molecule has 0 radical (unpaired) electrons. The summed E-state index contributed by atoms with van der Waals surface area (Å²) in [4.78, 5) is 27.1. The highest BCUT2D eigenvalue weighted by molar-refractivity contribution is 5.92. The third kappa shape index (κ3) is 3.96. The average molecular weight is 389 g/mol. The van der Waals surface area contributed by atoms with Crippen molar-refractivity contribution >= 4 is 22.6 Å². The van der Waals surface area contributed by atoms with Gasteiger partial charge in [-0.15, -0.1) is 0 Å². The van der Waals surface area contributed by atoms with Gasteiger partial charge in [-0.1, -0.05) is 18.2 Å². The normalized spacial score (nSPS) is 12.1. The second kappa shape index (κ2) is 7.75. The fourth-order valence-corrected chi connectivity index (χ4v) is 3.35. The molecule has 0 saturated carbocycles. The highest BCUT2D eigenvalue weighted by Crippen LogP contribution is 2.25. The van der Waals surface area contributed by atoms with E-state index in [9.17, 15) is 4.79 Å². The van der Waals surface area contributed by atoms with Crippen molar-refractivity contribution in [2.75, 3.05) is 19.0 Å². The lowest BCUT2D eigenvalue weighted by atomic mass is 10.0. The van der Waals surface area contributed by atoms with Gasteiger partial charge in [-0.3, -0.25) is 9.89 Å². The van der Waals surface area contributed by atoms with Crippen molar-refractivity contribution in [2.45, 2.75) is 19.4 Å². The number of benzene rings is 1. The molecule has 148 valence electrons. The van der Waals surface area contributed by atoms with Crippen LogP contribution in [0.15, 0.2) is 48.8 Å². The third-order valence-corrected chi connectivity index (χ3v) is 4.81.